The van der Waals surface area contributed by atoms with E-state index in [-0.39, 0.29) is 0 Å². The Balaban J connectivity index is 1.87. The quantitative estimate of drug-likeness (QED) is 0.656. The minimum absolute atomic E-state index is 0.572. The van der Waals surface area contributed by atoms with Crippen molar-refractivity contribution in [3.05, 3.63) is 0 Å². The highest BCUT2D eigenvalue weighted by Gasteiger charge is 2.12. The minimum Gasteiger partial charge on any atom is -0.378 e. The third kappa shape index (κ3) is 6.16. The van der Waals surface area contributed by atoms with Gasteiger partial charge in [0.05, 0.1) is 6.10 Å². The van der Waals surface area contributed by atoms with Crippen LogP contribution in [0.1, 0.15) is 58.8 Å². The van der Waals surface area contributed by atoms with E-state index in [0.29, 0.717) is 12.1 Å². The second-order valence-electron chi connectivity index (χ2n) is 4.75. The highest BCUT2D eigenvalue weighted by molar-refractivity contribution is 4.65. The lowest BCUT2D eigenvalue weighted by Crippen LogP contribution is -2.27. The molecule has 0 aromatic rings. The second kappa shape index (κ2) is 8.12. The fraction of sp³-hybridized carbons (Fsp3) is 1.00. The second-order valence-corrected chi connectivity index (χ2v) is 4.75. The van der Waals surface area contributed by atoms with E-state index in [2.05, 4.69) is 19.2 Å². The molecule has 1 aliphatic carbocycles. The predicted molar refractivity (Wildman–Crippen MR) is 65.2 cm³/mol. The number of rotatable bonds is 7. The average molecular weight is 213 g/mol. The molecule has 1 unspecified atom stereocenters. The molecule has 1 saturated carbocycles. The van der Waals surface area contributed by atoms with Gasteiger partial charge in [0.2, 0.25) is 0 Å². The van der Waals surface area contributed by atoms with E-state index in [4.69, 9.17) is 4.74 Å². The van der Waals surface area contributed by atoms with Gasteiger partial charge >= 0.3 is 0 Å². The summed E-state index contributed by atoms with van der Waals surface area (Å²) in [6.07, 6.45) is 9.67. The smallest absolute Gasteiger partial charge is 0.0575 e. The van der Waals surface area contributed by atoms with E-state index in [1.54, 1.807) is 0 Å². The zero-order valence-corrected chi connectivity index (χ0v) is 10.4. The van der Waals surface area contributed by atoms with Crippen LogP contribution in [0.3, 0.4) is 0 Å². The summed E-state index contributed by atoms with van der Waals surface area (Å²) in [4.78, 5) is 0. The first-order valence-corrected chi connectivity index (χ1v) is 6.68. The van der Waals surface area contributed by atoms with Gasteiger partial charge in [0.25, 0.3) is 0 Å². The van der Waals surface area contributed by atoms with Gasteiger partial charge in [0.15, 0.2) is 0 Å². The molecule has 0 saturated heterocycles. The number of nitrogens with one attached hydrogen (secondary N) is 1. The lowest BCUT2D eigenvalue weighted by atomic mass is 9.98. The van der Waals surface area contributed by atoms with Gasteiger partial charge in [-0.1, -0.05) is 26.2 Å². The molecule has 2 nitrogen and oxygen atoms in total. The molecule has 0 spiro atoms. The summed E-state index contributed by atoms with van der Waals surface area (Å²) in [5.74, 6) is 0. The molecule has 0 aromatic carbocycles. The van der Waals surface area contributed by atoms with Crippen LogP contribution in [0, 0.1) is 0 Å². The van der Waals surface area contributed by atoms with Crippen LogP contribution in [-0.2, 0) is 4.74 Å². The molecule has 1 atom stereocenters. The van der Waals surface area contributed by atoms with Crippen molar-refractivity contribution in [3.8, 4) is 0 Å². The lowest BCUT2D eigenvalue weighted by molar-refractivity contribution is 0.0271. The van der Waals surface area contributed by atoms with Crippen molar-refractivity contribution >= 4 is 0 Å². The van der Waals surface area contributed by atoms with Crippen LogP contribution in [-0.4, -0.2) is 25.3 Å². The lowest BCUT2D eigenvalue weighted by Gasteiger charge is -2.22. The molecule has 15 heavy (non-hydrogen) atoms. The van der Waals surface area contributed by atoms with Gasteiger partial charge < -0.3 is 10.1 Å². The van der Waals surface area contributed by atoms with E-state index in [1.807, 2.05) is 0 Å². The highest BCUT2D eigenvalue weighted by atomic mass is 16.5. The van der Waals surface area contributed by atoms with Crippen LogP contribution in [0.2, 0.25) is 0 Å². The Bertz CT molecular complexity index is 143. The maximum Gasteiger partial charge on any atom is 0.0575 e. The molecule has 1 rings (SSSR count). The topological polar surface area (TPSA) is 21.3 Å². The predicted octanol–water partition coefficient (Wildman–Crippen LogP) is 3.11. The molecule has 90 valence electrons. The Morgan fingerprint density at radius 3 is 2.67 bits per heavy atom. The van der Waals surface area contributed by atoms with Crippen molar-refractivity contribution in [1.29, 1.82) is 0 Å². The van der Waals surface area contributed by atoms with Crippen molar-refractivity contribution in [2.24, 2.45) is 0 Å². The van der Waals surface area contributed by atoms with Gasteiger partial charge in [0, 0.05) is 12.6 Å². The van der Waals surface area contributed by atoms with E-state index >= 15 is 0 Å². The maximum atomic E-state index is 5.86. The Labute approximate surface area is 94.8 Å². The molecular weight excluding hydrogens is 186 g/mol. The normalized spacial score (nSPS) is 20.4. The molecular formula is C13H27NO. The minimum atomic E-state index is 0.572. The van der Waals surface area contributed by atoms with Crippen molar-refractivity contribution in [3.63, 3.8) is 0 Å². The summed E-state index contributed by atoms with van der Waals surface area (Å²) in [7, 11) is 0. The Hall–Kier alpha value is -0.0800. The summed E-state index contributed by atoms with van der Waals surface area (Å²) < 4.78 is 5.86. The summed E-state index contributed by atoms with van der Waals surface area (Å²) in [6, 6.07) is 0.652. The van der Waals surface area contributed by atoms with Crippen molar-refractivity contribution in [2.75, 3.05) is 13.2 Å². The molecule has 1 fully saturated rings. The van der Waals surface area contributed by atoms with Gasteiger partial charge in [-0.05, 0) is 39.2 Å². The zero-order chi connectivity index (χ0) is 10.9. The standard InChI is InChI=1S/C13H27NO/c1-3-12(2)14-10-7-11-15-13-8-5-4-6-9-13/h12-14H,3-11H2,1-2H3. The van der Waals surface area contributed by atoms with Crippen LogP contribution in [0.15, 0.2) is 0 Å². The highest BCUT2D eigenvalue weighted by Crippen LogP contribution is 2.20. The fourth-order valence-electron chi connectivity index (χ4n) is 2.05. The van der Waals surface area contributed by atoms with E-state index < -0.39 is 0 Å². The van der Waals surface area contributed by atoms with Gasteiger partial charge in [-0.3, -0.25) is 0 Å². The Morgan fingerprint density at radius 1 is 1.27 bits per heavy atom. The van der Waals surface area contributed by atoms with Crippen molar-refractivity contribution < 1.29 is 4.74 Å². The van der Waals surface area contributed by atoms with Crippen LogP contribution in [0.5, 0.6) is 0 Å². The molecule has 0 heterocycles. The van der Waals surface area contributed by atoms with Gasteiger partial charge in [-0.2, -0.15) is 0 Å². The first-order chi connectivity index (χ1) is 7.33. The maximum absolute atomic E-state index is 5.86. The molecule has 1 aliphatic rings. The largest absolute Gasteiger partial charge is 0.378 e. The van der Waals surface area contributed by atoms with Crippen molar-refractivity contribution in [1.82, 2.24) is 5.32 Å². The number of ether oxygens (including phenoxy) is 1. The van der Waals surface area contributed by atoms with Crippen LogP contribution in [0.25, 0.3) is 0 Å². The monoisotopic (exact) mass is 213 g/mol. The molecule has 0 radical (unpaired) electrons. The number of hydrogen-bond acceptors (Lipinski definition) is 2. The Kier molecular flexibility index (Phi) is 7.03. The molecule has 1 N–H and O–H groups in total. The van der Waals surface area contributed by atoms with Crippen LogP contribution >= 0.6 is 0 Å². The van der Waals surface area contributed by atoms with Gasteiger partial charge in [0.1, 0.15) is 0 Å². The summed E-state index contributed by atoms with van der Waals surface area (Å²) in [5.41, 5.74) is 0. The van der Waals surface area contributed by atoms with Crippen LogP contribution in [0.4, 0.5) is 0 Å². The SMILES string of the molecule is CCC(C)NCCCOC1CCCCC1. The molecule has 2 heteroatoms. The van der Waals surface area contributed by atoms with E-state index in [0.717, 1.165) is 19.6 Å². The zero-order valence-electron chi connectivity index (χ0n) is 10.4. The Morgan fingerprint density at radius 2 is 2.00 bits per heavy atom. The third-order valence-corrected chi connectivity index (χ3v) is 3.33. The van der Waals surface area contributed by atoms with Gasteiger partial charge in [-0.25, -0.2) is 0 Å². The summed E-state index contributed by atoms with van der Waals surface area (Å²) in [5, 5.41) is 3.49. The first kappa shape index (κ1) is 13.0. The molecule has 0 aromatic heterocycles. The van der Waals surface area contributed by atoms with Crippen molar-refractivity contribution in [2.45, 2.75) is 70.9 Å². The van der Waals surface area contributed by atoms with E-state index in [1.165, 1.54) is 38.5 Å². The average Bonchev–Trinajstić information content (AvgIpc) is 2.29. The molecule has 0 amide bonds. The molecule has 0 aliphatic heterocycles. The number of hydrogen-bond donors (Lipinski definition) is 1. The van der Waals surface area contributed by atoms with Crippen LogP contribution < -0.4 is 5.32 Å². The molecule has 0 bridgehead atoms. The third-order valence-electron chi connectivity index (χ3n) is 3.33. The fourth-order valence-corrected chi connectivity index (χ4v) is 2.05. The first-order valence-electron chi connectivity index (χ1n) is 6.68. The summed E-state index contributed by atoms with van der Waals surface area (Å²) >= 11 is 0. The van der Waals surface area contributed by atoms with Gasteiger partial charge in [-0.15, -0.1) is 0 Å². The van der Waals surface area contributed by atoms with E-state index in [9.17, 15) is 0 Å². The summed E-state index contributed by atoms with van der Waals surface area (Å²) in [6.45, 7) is 6.49.